The lowest BCUT2D eigenvalue weighted by atomic mass is 10.3. The van der Waals surface area contributed by atoms with Gasteiger partial charge in [-0.2, -0.15) is 4.31 Å². The first-order valence-corrected chi connectivity index (χ1v) is 9.57. The first kappa shape index (κ1) is 16.6. The molecular weight excluding hydrogens is 404 g/mol. The zero-order valence-electron chi connectivity index (χ0n) is 12.1. The number of hydrogen-bond donors (Lipinski definition) is 0. The van der Waals surface area contributed by atoms with Crippen molar-refractivity contribution >= 4 is 43.4 Å². The Morgan fingerprint density at radius 2 is 1.78 bits per heavy atom. The van der Waals surface area contributed by atoms with Crippen LogP contribution in [-0.2, 0) is 10.0 Å². The maximum absolute atomic E-state index is 12.7. The summed E-state index contributed by atoms with van der Waals surface area (Å²) in [6, 6.07) is 6.73. The summed E-state index contributed by atoms with van der Waals surface area (Å²) in [5.41, 5.74) is 0. The van der Waals surface area contributed by atoms with E-state index in [0.717, 1.165) is 4.47 Å². The standard InChI is InChI=1S/C14H14BrClN4O2S/c15-11-2-1-3-12(10-11)23(21,22)20-8-6-19(7-9-20)14-13(16)17-4-5-18-14/h1-5,10H,6-9H2. The fourth-order valence-electron chi connectivity index (χ4n) is 2.44. The Bertz CT molecular complexity index is 810. The van der Waals surface area contributed by atoms with Gasteiger partial charge < -0.3 is 4.90 Å². The van der Waals surface area contributed by atoms with Crippen LogP contribution in [0, 0.1) is 0 Å². The van der Waals surface area contributed by atoms with Crippen molar-refractivity contribution in [2.45, 2.75) is 4.90 Å². The molecule has 1 fully saturated rings. The van der Waals surface area contributed by atoms with Crippen LogP contribution >= 0.6 is 27.5 Å². The molecule has 9 heteroatoms. The smallest absolute Gasteiger partial charge is 0.243 e. The lowest BCUT2D eigenvalue weighted by molar-refractivity contribution is 0.383. The summed E-state index contributed by atoms with van der Waals surface area (Å²) in [7, 11) is -3.49. The quantitative estimate of drug-likeness (QED) is 0.767. The molecule has 0 amide bonds. The highest BCUT2D eigenvalue weighted by molar-refractivity contribution is 9.10. The van der Waals surface area contributed by atoms with Crippen LogP contribution in [0.4, 0.5) is 5.82 Å². The van der Waals surface area contributed by atoms with Gasteiger partial charge in [-0.3, -0.25) is 0 Å². The van der Waals surface area contributed by atoms with Crippen LogP contribution in [-0.4, -0.2) is 48.9 Å². The summed E-state index contributed by atoms with van der Waals surface area (Å²) in [5.74, 6) is 0.591. The summed E-state index contributed by atoms with van der Waals surface area (Å²) in [6.45, 7) is 1.79. The van der Waals surface area contributed by atoms with E-state index in [1.54, 1.807) is 30.5 Å². The third-order valence-electron chi connectivity index (χ3n) is 3.61. The molecule has 122 valence electrons. The number of anilines is 1. The van der Waals surface area contributed by atoms with Crippen LogP contribution in [0.5, 0.6) is 0 Å². The van der Waals surface area contributed by atoms with Crippen molar-refractivity contribution in [2.75, 3.05) is 31.1 Å². The maximum Gasteiger partial charge on any atom is 0.243 e. The second-order valence-corrected chi connectivity index (χ2v) is 8.23. The van der Waals surface area contributed by atoms with Crippen molar-refractivity contribution in [2.24, 2.45) is 0 Å². The predicted octanol–water partition coefficient (Wildman–Crippen LogP) is 2.40. The monoisotopic (exact) mass is 416 g/mol. The van der Waals surface area contributed by atoms with Crippen LogP contribution in [0.2, 0.25) is 5.15 Å². The third-order valence-corrected chi connectivity index (χ3v) is 6.26. The number of nitrogens with zero attached hydrogens (tertiary/aromatic N) is 4. The van der Waals surface area contributed by atoms with E-state index in [1.807, 2.05) is 4.90 Å². The molecule has 0 radical (unpaired) electrons. The van der Waals surface area contributed by atoms with Crippen LogP contribution in [0.15, 0.2) is 46.0 Å². The molecule has 0 bridgehead atoms. The number of piperazine rings is 1. The Morgan fingerprint density at radius 3 is 2.43 bits per heavy atom. The summed E-state index contributed by atoms with van der Waals surface area (Å²) in [5, 5.41) is 0.329. The molecule has 1 saturated heterocycles. The van der Waals surface area contributed by atoms with Crippen LogP contribution in [0.3, 0.4) is 0 Å². The number of rotatable bonds is 3. The lowest BCUT2D eigenvalue weighted by Gasteiger charge is -2.34. The fourth-order valence-corrected chi connectivity index (χ4v) is 4.69. The molecule has 3 rings (SSSR count). The SMILES string of the molecule is O=S(=O)(c1cccc(Br)c1)N1CCN(c2nccnc2Cl)CC1. The van der Waals surface area contributed by atoms with E-state index in [2.05, 4.69) is 25.9 Å². The third kappa shape index (κ3) is 3.50. The Kier molecular flexibility index (Phi) is 4.86. The average Bonchev–Trinajstić information content (AvgIpc) is 2.55. The molecule has 1 aliphatic rings. The fraction of sp³-hybridized carbons (Fsp3) is 0.286. The van der Waals surface area contributed by atoms with Gasteiger partial charge in [0.05, 0.1) is 4.90 Å². The van der Waals surface area contributed by atoms with Gasteiger partial charge in [-0.25, -0.2) is 18.4 Å². The maximum atomic E-state index is 12.7. The molecule has 23 heavy (non-hydrogen) atoms. The van der Waals surface area contributed by atoms with Crippen LogP contribution in [0.1, 0.15) is 0 Å². The molecule has 2 heterocycles. The minimum atomic E-state index is -3.49. The molecule has 0 unspecified atom stereocenters. The molecule has 2 aromatic rings. The molecular formula is C14H14BrClN4O2S. The Balaban J connectivity index is 1.75. The largest absolute Gasteiger partial charge is 0.351 e. The van der Waals surface area contributed by atoms with Gasteiger partial charge in [0.1, 0.15) is 0 Å². The Morgan fingerprint density at radius 1 is 1.09 bits per heavy atom. The first-order chi connectivity index (χ1) is 11.0. The van der Waals surface area contributed by atoms with Gasteiger partial charge in [0.15, 0.2) is 11.0 Å². The Labute approximate surface area is 148 Å². The second-order valence-electron chi connectivity index (χ2n) is 5.02. The van der Waals surface area contributed by atoms with E-state index in [0.29, 0.717) is 37.1 Å². The van der Waals surface area contributed by atoms with Crippen LogP contribution in [0.25, 0.3) is 0 Å². The van der Waals surface area contributed by atoms with E-state index in [4.69, 9.17) is 11.6 Å². The van der Waals surface area contributed by atoms with E-state index in [1.165, 1.54) is 10.5 Å². The van der Waals surface area contributed by atoms with Gasteiger partial charge >= 0.3 is 0 Å². The van der Waals surface area contributed by atoms with Crippen molar-refractivity contribution in [3.05, 3.63) is 46.3 Å². The predicted molar refractivity (Wildman–Crippen MR) is 92.2 cm³/mol. The topological polar surface area (TPSA) is 66.4 Å². The Hall–Kier alpha value is -1.22. The number of sulfonamides is 1. The zero-order chi connectivity index (χ0) is 16.4. The number of hydrogen-bond acceptors (Lipinski definition) is 5. The average molecular weight is 418 g/mol. The van der Waals surface area contributed by atoms with Gasteiger partial charge in [-0.15, -0.1) is 0 Å². The van der Waals surface area contributed by atoms with Gasteiger partial charge in [-0.1, -0.05) is 33.6 Å². The van der Waals surface area contributed by atoms with Crippen molar-refractivity contribution in [1.29, 1.82) is 0 Å². The van der Waals surface area contributed by atoms with Crippen molar-refractivity contribution in [3.8, 4) is 0 Å². The molecule has 0 atom stereocenters. The number of aromatic nitrogens is 2. The molecule has 0 saturated carbocycles. The highest BCUT2D eigenvalue weighted by atomic mass is 79.9. The number of halogens is 2. The van der Waals surface area contributed by atoms with Crippen molar-refractivity contribution in [1.82, 2.24) is 14.3 Å². The van der Waals surface area contributed by atoms with Gasteiger partial charge in [-0.05, 0) is 18.2 Å². The summed E-state index contributed by atoms with van der Waals surface area (Å²) >= 11 is 9.35. The first-order valence-electron chi connectivity index (χ1n) is 6.95. The van der Waals surface area contributed by atoms with E-state index in [9.17, 15) is 8.42 Å². The minimum absolute atomic E-state index is 0.290. The van der Waals surface area contributed by atoms with Gasteiger partial charge in [0, 0.05) is 43.0 Å². The van der Waals surface area contributed by atoms with Crippen LogP contribution < -0.4 is 4.90 Å². The number of benzene rings is 1. The van der Waals surface area contributed by atoms with E-state index < -0.39 is 10.0 Å². The minimum Gasteiger partial charge on any atom is -0.351 e. The van der Waals surface area contributed by atoms with Gasteiger partial charge in [0.2, 0.25) is 10.0 Å². The molecule has 1 aliphatic heterocycles. The summed E-state index contributed by atoms with van der Waals surface area (Å²) < 4.78 is 27.6. The molecule has 0 spiro atoms. The van der Waals surface area contributed by atoms with Gasteiger partial charge in [0.25, 0.3) is 0 Å². The van der Waals surface area contributed by atoms with E-state index in [-0.39, 0.29) is 4.90 Å². The van der Waals surface area contributed by atoms with Crippen molar-refractivity contribution < 1.29 is 8.42 Å². The normalized spacial score (nSPS) is 16.5. The van der Waals surface area contributed by atoms with E-state index >= 15 is 0 Å². The molecule has 0 aliphatic carbocycles. The molecule has 1 aromatic heterocycles. The second kappa shape index (κ2) is 6.72. The lowest BCUT2D eigenvalue weighted by Crippen LogP contribution is -2.49. The molecule has 6 nitrogen and oxygen atoms in total. The highest BCUT2D eigenvalue weighted by Gasteiger charge is 2.29. The van der Waals surface area contributed by atoms with Crippen molar-refractivity contribution in [3.63, 3.8) is 0 Å². The summed E-state index contributed by atoms with van der Waals surface area (Å²) in [4.78, 5) is 10.5. The molecule has 1 aromatic carbocycles. The zero-order valence-corrected chi connectivity index (χ0v) is 15.2. The summed E-state index contributed by atoms with van der Waals surface area (Å²) in [6.07, 6.45) is 3.10. The molecule has 0 N–H and O–H groups in total. The highest BCUT2D eigenvalue weighted by Crippen LogP contribution is 2.24.